The van der Waals surface area contributed by atoms with Crippen molar-refractivity contribution in [2.75, 3.05) is 6.26 Å². The molecule has 0 fully saturated rings. The number of esters is 1. The Morgan fingerprint density at radius 3 is 2.48 bits per heavy atom. The largest absolute Gasteiger partial charge is 0.457 e. The monoisotopic (exact) mass is 370 g/mol. The Morgan fingerprint density at radius 1 is 1.16 bits per heavy atom. The molecule has 5 nitrogen and oxygen atoms in total. The van der Waals surface area contributed by atoms with Crippen molar-refractivity contribution < 1.29 is 31.5 Å². The zero-order valence-electron chi connectivity index (χ0n) is 13.5. The van der Waals surface area contributed by atoms with E-state index in [1.165, 1.54) is 36.4 Å². The predicted octanol–water partition coefficient (Wildman–Crippen LogP) is 3.36. The molecule has 0 aromatic heterocycles. The molecule has 2 aromatic rings. The first-order valence-corrected chi connectivity index (χ1v) is 9.08. The maximum Gasteiger partial charge on any atom is 0.387 e. The Kier molecular flexibility index (Phi) is 5.73. The van der Waals surface area contributed by atoms with Crippen molar-refractivity contribution in [3.05, 3.63) is 59.2 Å². The molecule has 0 saturated carbocycles. The van der Waals surface area contributed by atoms with E-state index in [1.807, 2.05) is 0 Å². The standard InChI is InChI=1S/C17H16F2O5S/c1-11-7-8-13(25(2,21)22)9-14(11)16(20)23-10-12-5-3-4-6-15(12)24-17(18)19/h3-9,17H,10H2,1-2H3. The van der Waals surface area contributed by atoms with E-state index in [2.05, 4.69) is 4.74 Å². The molecule has 134 valence electrons. The summed E-state index contributed by atoms with van der Waals surface area (Å²) in [6.07, 6.45) is 1.03. The van der Waals surface area contributed by atoms with Crippen molar-refractivity contribution in [2.24, 2.45) is 0 Å². The number of para-hydroxylation sites is 1. The molecule has 0 aliphatic carbocycles. The fraction of sp³-hybridized carbons (Fsp3) is 0.235. The summed E-state index contributed by atoms with van der Waals surface area (Å²) in [4.78, 5) is 12.2. The second-order valence-corrected chi connectivity index (χ2v) is 7.33. The van der Waals surface area contributed by atoms with Gasteiger partial charge in [-0.05, 0) is 30.7 Å². The molecule has 0 N–H and O–H groups in total. The van der Waals surface area contributed by atoms with Crippen molar-refractivity contribution in [2.45, 2.75) is 25.0 Å². The van der Waals surface area contributed by atoms with E-state index in [-0.39, 0.29) is 28.4 Å². The van der Waals surface area contributed by atoms with Crippen LogP contribution in [-0.4, -0.2) is 27.3 Å². The van der Waals surface area contributed by atoms with Gasteiger partial charge in [-0.1, -0.05) is 24.3 Å². The van der Waals surface area contributed by atoms with Crippen LogP contribution >= 0.6 is 0 Å². The number of carbonyl (C=O) groups is 1. The Labute approximate surface area is 144 Å². The number of benzene rings is 2. The first kappa shape index (κ1) is 18.9. The molecule has 0 heterocycles. The van der Waals surface area contributed by atoms with Crippen LogP contribution in [-0.2, 0) is 21.2 Å². The number of halogens is 2. The SMILES string of the molecule is Cc1ccc(S(C)(=O)=O)cc1C(=O)OCc1ccccc1OC(F)F. The molecule has 0 bridgehead atoms. The number of hydrogen-bond acceptors (Lipinski definition) is 5. The normalized spacial score (nSPS) is 11.4. The average molecular weight is 370 g/mol. The average Bonchev–Trinajstić information content (AvgIpc) is 2.52. The summed E-state index contributed by atoms with van der Waals surface area (Å²) >= 11 is 0. The van der Waals surface area contributed by atoms with Gasteiger partial charge in [0.2, 0.25) is 0 Å². The molecule has 0 saturated heterocycles. The number of aryl methyl sites for hydroxylation is 1. The van der Waals surface area contributed by atoms with E-state index in [0.717, 1.165) is 6.26 Å². The third-order valence-electron chi connectivity index (χ3n) is 3.40. The molecule has 25 heavy (non-hydrogen) atoms. The predicted molar refractivity (Wildman–Crippen MR) is 86.5 cm³/mol. The van der Waals surface area contributed by atoms with Gasteiger partial charge in [0, 0.05) is 11.8 Å². The molecule has 0 unspecified atom stereocenters. The molecule has 2 aromatic carbocycles. The molecular weight excluding hydrogens is 354 g/mol. The highest BCUT2D eigenvalue weighted by Crippen LogP contribution is 2.22. The Morgan fingerprint density at radius 2 is 1.84 bits per heavy atom. The van der Waals surface area contributed by atoms with Crippen LogP contribution in [0.5, 0.6) is 5.75 Å². The molecule has 0 spiro atoms. The van der Waals surface area contributed by atoms with Crippen LogP contribution in [0.2, 0.25) is 0 Å². The lowest BCUT2D eigenvalue weighted by atomic mass is 10.1. The van der Waals surface area contributed by atoms with Crippen molar-refractivity contribution >= 4 is 15.8 Å². The molecule has 0 aliphatic rings. The summed E-state index contributed by atoms with van der Waals surface area (Å²) in [6.45, 7) is -1.65. The lowest BCUT2D eigenvalue weighted by Gasteiger charge is -2.12. The lowest BCUT2D eigenvalue weighted by molar-refractivity contribution is -0.0510. The number of rotatable bonds is 6. The van der Waals surface area contributed by atoms with E-state index >= 15 is 0 Å². The first-order valence-electron chi connectivity index (χ1n) is 7.19. The number of ether oxygens (including phenoxy) is 2. The summed E-state index contributed by atoms with van der Waals surface area (Å²) in [6, 6.07) is 10.1. The van der Waals surface area contributed by atoms with Crippen molar-refractivity contribution in [1.29, 1.82) is 0 Å². The zero-order chi connectivity index (χ0) is 18.6. The van der Waals surface area contributed by atoms with Gasteiger partial charge in [-0.15, -0.1) is 0 Å². The summed E-state index contributed by atoms with van der Waals surface area (Å²) < 4.78 is 57.5. The number of sulfone groups is 1. The van der Waals surface area contributed by atoms with Crippen LogP contribution in [0, 0.1) is 6.92 Å². The second-order valence-electron chi connectivity index (χ2n) is 5.31. The second kappa shape index (κ2) is 7.60. The minimum absolute atomic E-state index is 0.00789. The Balaban J connectivity index is 2.19. The Bertz CT molecular complexity index is 878. The highest BCUT2D eigenvalue weighted by Gasteiger charge is 2.17. The van der Waals surface area contributed by atoms with E-state index in [9.17, 15) is 22.0 Å². The van der Waals surface area contributed by atoms with Crippen LogP contribution in [0.15, 0.2) is 47.4 Å². The number of hydrogen-bond donors (Lipinski definition) is 0. The van der Waals surface area contributed by atoms with Crippen LogP contribution in [0.4, 0.5) is 8.78 Å². The Hall–Kier alpha value is -2.48. The van der Waals surface area contributed by atoms with Gasteiger partial charge in [0.15, 0.2) is 9.84 Å². The maximum atomic E-state index is 12.4. The summed E-state index contributed by atoms with van der Waals surface area (Å²) in [5.74, 6) is -0.846. The van der Waals surface area contributed by atoms with Crippen molar-refractivity contribution in [3.63, 3.8) is 0 Å². The topological polar surface area (TPSA) is 69.7 Å². The van der Waals surface area contributed by atoms with E-state index in [4.69, 9.17) is 4.74 Å². The lowest BCUT2D eigenvalue weighted by Crippen LogP contribution is -2.10. The van der Waals surface area contributed by atoms with Gasteiger partial charge in [0.05, 0.1) is 10.5 Å². The molecule has 2 rings (SSSR count). The molecule has 0 amide bonds. The quantitative estimate of drug-likeness (QED) is 0.730. The third kappa shape index (κ3) is 4.99. The minimum atomic E-state index is -3.47. The molecule has 0 atom stereocenters. The molecule has 0 aliphatic heterocycles. The van der Waals surface area contributed by atoms with Gasteiger partial charge >= 0.3 is 12.6 Å². The van der Waals surface area contributed by atoms with Gasteiger partial charge in [-0.25, -0.2) is 13.2 Å². The summed E-state index contributed by atoms with van der Waals surface area (Å²) in [5, 5.41) is 0. The van der Waals surface area contributed by atoms with E-state index < -0.39 is 22.4 Å². The molecule has 8 heteroatoms. The fourth-order valence-electron chi connectivity index (χ4n) is 2.11. The highest BCUT2D eigenvalue weighted by atomic mass is 32.2. The summed E-state index contributed by atoms with van der Waals surface area (Å²) in [7, 11) is -3.47. The van der Waals surface area contributed by atoms with Gasteiger partial charge in [0.25, 0.3) is 0 Å². The number of carbonyl (C=O) groups excluding carboxylic acids is 1. The van der Waals surface area contributed by atoms with Crippen molar-refractivity contribution in [3.8, 4) is 5.75 Å². The highest BCUT2D eigenvalue weighted by molar-refractivity contribution is 7.90. The third-order valence-corrected chi connectivity index (χ3v) is 4.51. The minimum Gasteiger partial charge on any atom is -0.457 e. The van der Waals surface area contributed by atoms with Gasteiger partial charge in [0.1, 0.15) is 12.4 Å². The maximum absolute atomic E-state index is 12.4. The van der Waals surface area contributed by atoms with Crippen LogP contribution in [0.1, 0.15) is 21.5 Å². The molecular formula is C17H16F2O5S. The van der Waals surface area contributed by atoms with E-state index in [1.54, 1.807) is 13.0 Å². The van der Waals surface area contributed by atoms with Crippen LogP contribution in [0.3, 0.4) is 0 Å². The van der Waals surface area contributed by atoms with Crippen molar-refractivity contribution in [1.82, 2.24) is 0 Å². The van der Waals surface area contributed by atoms with Gasteiger partial charge in [-0.3, -0.25) is 0 Å². The van der Waals surface area contributed by atoms with Crippen LogP contribution in [0.25, 0.3) is 0 Å². The fourth-order valence-corrected chi connectivity index (χ4v) is 2.75. The van der Waals surface area contributed by atoms with Crippen LogP contribution < -0.4 is 4.74 Å². The van der Waals surface area contributed by atoms with E-state index in [0.29, 0.717) is 5.56 Å². The number of alkyl halides is 2. The first-order chi connectivity index (χ1) is 11.7. The smallest absolute Gasteiger partial charge is 0.387 e. The summed E-state index contributed by atoms with van der Waals surface area (Å²) in [5.41, 5.74) is 0.901. The molecule has 0 radical (unpaired) electrons. The van der Waals surface area contributed by atoms with Gasteiger partial charge in [-0.2, -0.15) is 8.78 Å². The van der Waals surface area contributed by atoms with Gasteiger partial charge < -0.3 is 9.47 Å². The zero-order valence-corrected chi connectivity index (χ0v) is 14.3.